The van der Waals surface area contributed by atoms with Crippen molar-refractivity contribution < 1.29 is 9.53 Å². The first kappa shape index (κ1) is 17.6. The lowest BCUT2D eigenvalue weighted by Crippen LogP contribution is -2.15. The van der Waals surface area contributed by atoms with Gasteiger partial charge in [0.15, 0.2) is 4.96 Å². The maximum atomic E-state index is 12.4. The standard InChI is InChI=1S/C20H16ClN3O2S/c1-26-17-8-6-15(7-9-17)22-19(25)10-16-12-27-20-23-18(11-24(16)20)13-2-4-14(21)5-3-13/h2-9,11-12H,10H2,1H3,(H,22,25). The van der Waals surface area contributed by atoms with Crippen LogP contribution in [0.5, 0.6) is 5.75 Å². The van der Waals surface area contributed by atoms with Crippen molar-refractivity contribution >= 4 is 39.5 Å². The Kier molecular flexibility index (Phi) is 4.83. The molecule has 0 fully saturated rings. The van der Waals surface area contributed by atoms with Gasteiger partial charge in [0.05, 0.1) is 19.2 Å². The molecule has 0 spiro atoms. The molecule has 2 aromatic carbocycles. The number of carbonyl (C=O) groups is 1. The lowest BCUT2D eigenvalue weighted by Gasteiger charge is -2.06. The predicted molar refractivity (Wildman–Crippen MR) is 109 cm³/mol. The summed E-state index contributed by atoms with van der Waals surface area (Å²) in [5.74, 6) is 0.669. The Hall–Kier alpha value is -2.83. The maximum Gasteiger partial charge on any atom is 0.230 e. The first-order chi connectivity index (χ1) is 13.1. The number of hydrogen-bond donors (Lipinski definition) is 1. The van der Waals surface area contributed by atoms with E-state index in [1.165, 1.54) is 11.3 Å². The van der Waals surface area contributed by atoms with Crippen molar-refractivity contribution in [1.29, 1.82) is 0 Å². The molecule has 1 amide bonds. The lowest BCUT2D eigenvalue weighted by molar-refractivity contribution is -0.115. The highest BCUT2D eigenvalue weighted by Gasteiger charge is 2.13. The van der Waals surface area contributed by atoms with Crippen LogP contribution in [0, 0.1) is 0 Å². The van der Waals surface area contributed by atoms with Crippen LogP contribution in [-0.2, 0) is 11.2 Å². The number of amides is 1. The van der Waals surface area contributed by atoms with Gasteiger partial charge in [-0.15, -0.1) is 11.3 Å². The number of methoxy groups -OCH3 is 1. The van der Waals surface area contributed by atoms with Crippen LogP contribution < -0.4 is 10.1 Å². The Labute approximate surface area is 165 Å². The summed E-state index contributed by atoms with van der Waals surface area (Å²) in [4.78, 5) is 17.9. The average molecular weight is 398 g/mol. The second-order valence-electron chi connectivity index (χ2n) is 5.97. The lowest BCUT2D eigenvalue weighted by atomic mass is 10.2. The smallest absolute Gasteiger partial charge is 0.230 e. The number of nitrogens with one attached hydrogen (secondary N) is 1. The van der Waals surface area contributed by atoms with Crippen LogP contribution in [0.2, 0.25) is 5.02 Å². The largest absolute Gasteiger partial charge is 0.497 e. The van der Waals surface area contributed by atoms with E-state index in [9.17, 15) is 4.79 Å². The highest BCUT2D eigenvalue weighted by Crippen LogP contribution is 2.25. The number of nitrogens with zero attached hydrogens (tertiary/aromatic N) is 2. The van der Waals surface area contributed by atoms with E-state index >= 15 is 0 Å². The number of hydrogen-bond acceptors (Lipinski definition) is 4. The summed E-state index contributed by atoms with van der Waals surface area (Å²) in [6.45, 7) is 0. The van der Waals surface area contributed by atoms with Crippen LogP contribution in [0.3, 0.4) is 0 Å². The molecule has 4 aromatic rings. The third-order valence-corrected chi connectivity index (χ3v) is 5.28. The Morgan fingerprint density at radius 3 is 2.63 bits per heavy atom. The quantitative estimate of drug-likeness (QED) is 0.520. The van der Waals surface area contributed by atoms with Crippen LogP contribution in [0.15, 0.2) is 60.1 Å². The van der Waals surface area contributed by atoms with E-state index in [2.05, 4.69) is 10.3 Å². The van der Waals surface area contributed by atoms with E-state index in [-0.39, 0.29) is 12.3 Å². The van der Waals surface area contributed by atoms with E-state index in [1.54, 1.807) is 7.11 Å². The van der Waals surface area contributed by atoms with Crippen molar-refractivity contribution in [1.82, 2.24) is 9.38 Å². The Balaban J connectivity index is 1.51. The van der Waals surface area contributed by atoms with Gasteiger partial charge in [-0.05, 0) is 36.4 Å². The zero-order valence-corrected chi connectivity index (χ0v) is 16.1. The molecule has 27 heavy (non-hydrogen) atoms. The van der Waals surface area contributed by atoms with E-state index in [0.717, 1.165) is 33.3 Å². The van der Waals surface area contributed by atoms with E-state index < -0.39 is 0 Å². The molecule has 5 nitrogen and oxygen atoms in total. The minimum absolute atomic E-state index is 0.0818. The summed E-state index contributed by atoms with van der Waals surface area (Å²) in [5, 5.41) is 5.55. The molecule has 0 aliphatic heterocycles. The summed E-state index contributed by atoms with van der Waals surface area (Å²) in [5.41, 5.74) is 3.48. The predicted octanol–water partition coefficient (Wildman–Crippen LogP) is 4.91. The molecule has 0 radical (unpaired) electrons. The topological polar surface area (TPSA) is 55.6 Å². The fourth-order valence-corrected chi connectivity index (χ4v) is 3.76. The van der Waals surface area contributed by atoms with Gasteiger partial charge in [0.1, 0.15) is 5.75 Å². The van der Waals surface area contributed by atoms with Gasteiger partial charge in [-0.25, -0.2) is 4.98 Å². The van der Waals surface area contributed by atoms with Crippen molar-refractivity contribution in [3.8, 4) is 17.0 Å². The molecule has 7 heteroatoms. The summed E-state index contributed by atoms with van der Waals surface area (Å²) >= 11 is 7.46. The first-order valence-corrected chi connectivity index (χ1v) is 9.53. The molecule has 0 atom stereocenters. The molecule has 0 aliphatic rings. The maximum absolute atomic E-state index is 12.4. The monoisotopic (exact) mass is 397 g/mol. The van der Waals surface area contributed by atoms with Crippen LogP contribution in [0.25, 0.3) is 16.2 Å². The Bertz CT molecular complexity index is 1080. The number of carbonyl (C=O) groups excluding carboxylic acids is 1. The highest BCUT2D eigenvalue weighted by molar-refractivity contribution is 7.15. The Morgan fingerprint density at radius 1 is 1.19 bits per heavy atom. The fraction of sp³-hybridized carbons (Fsp3) is 0.100. The summed E-state index contributed by atoms with van der Waals surface area (Å²) in [6.07, 6.45) is 2.22. The Morgan fingerprint density at radius 2 is 1.93 bits per heavy atom. The zero-order chi connectivity index (χ0) is 18.8. The van der Waals surface area contributed by atoms with Crippen molar-refractivity contribution in [3.63, 3.8) is 0 Å². The zero-order valence-electron chi connectivity index (χ0n) is 14.5. The SMILES string of the molecule is COc1ccc(NC(=O)Cc2csc3nc(-c4ccc(Cl)cc4)cn23)cc1. The molecule has 1 N–H and O–H groups in total. The summed E-state index contributed by atoms with van der Waals surface area (Å²) in [7, 11) is 1.61. The molecule has 2 aromatic heterocycles. The molecule has 2 heterocycles. The fourth-order valence-electron chi connectivity index (χ4n) is 2.76. The molecule has 0 unspecified atom stereocenters. The molecule has 0 saturated heterocycles. The van der Waals surface area contributed by atoms with Gasteiger partial charge in [-0.1, -0.05) is 23.7 Å². The molecule has 0 saturated carbocycles. The average Bonchev–Trinajstić information content (AvgIpc) is 3.25. The van der Waals surface area contributed by atoms with Gasteiger partial charge in [0.25, 0.3) is 0 Å². The van der Waals surface area contributed by atoms with Crippen molar-refractivity contribution in [2.24, 2.45) is 0 Å². The van der Waals surface area contributed by atoms with E-state index in [0.29, 0.717) is 5.02 Å². The molecule has 4 rings (SSSR count). The number of halogens is 1. The molecule has 0 bridgehead atoms. The molecular formula is C20H16ClN3O2S. The van der Waals surface area contributed by atoms with Gasteiger partial charge in [0.2, 0.25) is 5.91 Å². The molecule has 0 aliphatic carbocycles. The van der Waals surface area contributed by atoms with Crippen molar-refractivity contribution in [2.45, 2.75) is 6.42 Å². The third kappa shape index (κ3) is 3.82. The minimum Gasteiger partial charge on any atom is -0.497 e. The van der Waals surface area contributed by atoms with Crippen LogP contribution in [0.1, 0.15) is 5.69 Å². The first-order valence-electron chi connectivity index (χ1n) is 8.28. The number of benzene rings is 2. The number of ether oxygens (including phenoxy) is 1. The van der Waals surface area contributed by atoms with Crippen LogP contribution in [0.4, 0.5) is 5.69 Å². The van der Waals surface area contributed by atoms with Gasteiger partial charge in [-0.2, -0.15) is 0 Å². The number of fused-ring (bicyclic) bond motifs is 1. The second-order valence-corrected chi connectivity index (χ2v) is 7.24. The summed E-state index contributed by atoms with van der Waals surface area (Å²) < 4.78 is 7.08. The van der Waals surface area contributed by atoms with Gasteiger partial charge in [0, 0.05) is 33.5 Å². The van der Waals surface area contributed by atoms with E-state index in [4.69, 9.17) is 16.3 Å². The van der Waals surface area contributed by atoms with E-state index in [1.807, 2.05) is 64.5 Å². The second kappa shape index (κ2) is 7.42. The number of aromatic nitrogens is 2. The third-order valence-electron chi connectivity index (χ3n) is 4.14. The molecular weight excluding hydrogens is 382 g/mol. The van der Waals surface area contributed by atoms with Crippen LogP contribution in [-0.4, -0.2) is 22.4 Å². The molecule has 136 valence electrons. The number of imidazole rings is 1. The van der Waals surface area contributed by atoms with Crippen molar-refractivity contribution in [3.05, 3.63) is 70.8 Å². The summed E-state index contributed by atoms with van der Waals surface area (Å²) in [6, 6.07) is 14.8. The van der Waals surface area contributed by atoms with Crippen molar-refractivity contribution in [2.75, 3.05) is 12.4 Å². The number of thiazole rings is 1. The number of rotatable bonds is 5. The normalized spacial score (nSPS) is 10.9. The highest BCUT2D eigenvalue weighted by atomic mass is 35.5. The van der Waals surface area contributed by atoms with Gasteiger partial charge >= 0.3 is 0 Å². The minimum atomic E-state index is -0.0818. The number of anilines is 1. The van der Waals surface area contributed by atoms with Gasteiger partial charge in [-0.3, -0.25) is 9.20 Å². The van der Waals surface area contributed by atoms with Crippen LogP contribution >= 0.6 is 22.9 Å². The van der Waals surface area contributed by atoms with Gasteiger partial charge < -0.3 is 10.1 Å².